The van der Waals surface area contributed by atoms with Gasteiger partial charge in [-0.2, -0.15) is 5.10 Å². The smallest absolute Gasteiger partial charge is 0.355 e. The largest absolute Gasteiger partial charge is 0.448 e. The maximum absolute atomic E-state index is 12.5. The molecule has 2 aromatic carbocycles. The number of hydrogen-bond donors (Lipinski definition) is 2. The molecule has 0 spiro atoms. The van der Waals surface area contributed by atoms with Crippen molar-refractivity contribution in [2.24, 2.45) is 10.8 Å². The first kappa shape index (κ1) is 21.7. The van der Waals surface area contributed by atoms with Gasteiger partial charge in [-0.25, -0.2) is 9.80 Å². The van der Waals surface area contributed by atoms with E-state index in [0.717, 1.165) is 5.56 Å². The Morgan fingerprint density at radius 2 is 1.84 bits per heavy atom. The van der Waals surface area contributed by atoms with Crippen LogP contribution in [-0.2, 0) is 19.1 Å². The predicted octanol–water partition coefficient (Wildman–Crippen LogP) is 2.15. The molecule has 0 saturated carbocycles. The van der Waals surface area contributed by atoms with Gasteiger partial charge in [-0.3, -0.25) is 14.4 Å². The zero-order chi connectivity index (χ0) is 22.5. The quantitative estimate of drug-likeness (QED) is 0.689. The second-order valence-electron chi connectivity index (χ2n) is 7.07. The van der Waals surface area contributed by atoms with Crippen LogP contribution in [0, 0.1) is 6.92 Å². The molecular weight excluding hydrogens is 400 g/mol. The molecule has 0 radical (unpaired) electrons. The van der Waals surface area contributed by atoms with Gasteiger partial charge in [0.25, 0.3) is 5.91 Å². The van der Waals surface area contributed by atoms with Crippen molar-refractivity contribution in [3.8, 4) is 0 Å². The lowest BCUT2D eigenvalue weighted by Gasteiger charge is -2.23. The van der Waals surface area contributed by atoms with Crippen molar-refractivity contribution in [1.82, 2.24) is 0 Å². The lowest BCUT2D eigenvalue weighted by molar-refractivity contribution is -0.146. The number of nitrogens with zero attached hydrogens (tertiary/aromatic N) is 2. The Hall–Kier alpha value is -4.01. The van der Waals surface area contributed by atoms with Gasteiger partial charge in [0.15, 0.2) is 6.10 Å². The summed E-state index contributed by atoms with van der Waals surface area (Å²) in [5.41, 5.74) is 7.47. The highest BCUT2D eigenvalue weighted by Crippen LogP contribution is 2.21. The van der Waals surface area contributed by atoms with E-state index in [1.807, 2.05) is 13.0 Å². The predicted molar refractivity (Wildman–Crippen MR) is 114 cm³/mol. The maximum atomic E-state index is 12.5. The van der Waals surface area contributed by atoms with Crippen molar-refractivity contribution in [2.45, 2.75) is 32.8 Å². The second kappa shape index (κ2) is 9.21. The van der Waals surface area contributed by atoms with Gasteiger partial charge >= 0.3 is 5.97 Å². The number of hydrazone groups is 1. The van der Waals surface area contributed by atoms with Crippen LogP contribution in [0.3, 0.4) is 0 Å². The van der Waals surface area contributed by atoms with Crippen LogP contribution in [0.15, 0.2) is 53.6 Å². The molecule has 3 rings (SSSR count). The van der Waals surface area contributed by atoms with Crippen LogP contribution in [0.4, 0.5) is 11.4 Å². The summed E-state index contributed by atoms with van der Waals surface area (Å²) in [4.78, 5) is 48.2. The van der Waals surface area contributed by atoms with Gasteiger partial charge < -0.3 is 15.8 Å². The van der Waals surface area contributed by atoms with Crippen molar-refractivity contribution in [3.63, 3.8) is 0 Å². The van der Waals surface area contributed by atoms with Crippen LogP contribution in [0.2, 0.25) is 0 Å². The molecule has 1 atom stereocenters. The highest BCUT2D eigenvalue weighted by molar-refractivity contribution is 6.38. The van der Waals surface area contributed by atoms with E-state index in [1.165, 1.54) is 36.2 Å². The third kappa shape index (κ3) is 5.33. The van der Waals surface area contributed by atoms with Crippen LogP contribution in [0.5, 0.6) is 0 Å². The van der Waals surface area contributed by atoms with Crippen molar-refractivity contribution >= 4 is 40.8 Å². The topological polar surface area (TPSA) is 131 Å². The van der Waals surface area contributed by atoms with Crippen molar-refractivity contribution in [2.75, 3.05) is 10.3 Å². The monoisotopic (exact) mass is 422 g/mol. The van der Waals surface area contributed by atoms with Gasteiger partial charge in [0.1, 0.15) is 5.71 Å². The van der Waals surface area contributed by atoms with E-state index in [0.29, 0.717) is 16.9 Å². The van der Waals surface area contributed by atoms with Crippen LogP contribution in [0.1, 0.15) is 35.7 Å². The molecule has 1 aliphatic heterocycles. The first-order valence-corrected chi connectivity index (χ1v) is 9.63. The Morgan fingerprint density at radius 3 is 2.48 bits per heavy atom. The fraction of sp³-hybridized carbons (Fsp3) is 0.227. The molecule has 0 aliphatic carbocycles. The molecule has 2 aromatic rings. The molecule has 31 heavy (non-hydrogen) atoms. The van der Waals surface area contributed by atoms with Gasteiger partial charge in [-0.1, -0.05) is 12.1 Å². The van der Waals surface area contributed by atoms with E-state index in [4.69, 9.17) is 10.5 Å². The van der Waals surface area contributed by atoms with E-state index >= 15 is 0 Å². The van der Waals surface area contributed by atoms with E-state index in [-0.39, 0.29) is 24.5 Å². The Bertz CT molecular complexity index is 1060. The molecule has 0 saturated heterocycles. The summed E-state index contributed by atoms with van der Waals surface area (Å²) in [6.07, 6.45) is -0.867. The van der Waals surface area contributed by atoms with Gasteiger partial charge in [0.2, 0.25) is 11.8 Å². The fourth-order valence-corrected chi connectivity index (χ4v) is 2.91. The number of carbonyl (C=O) groups is 4. The average Bonchev–Trinajstić information content (AvgIpc) is 2.74. The van der Waals surface area contributed by atoms with E-state index in [1.54, 1.807) is 18.2 Å². The Morgan fingerprint density at radius 1 is 1.13 bits per heavy atom. The van der Waals surface area contributed by atoms with Crippen molar-refractivity contribution in [1.29, 1.82) is 0 Å². The number of carbonyl (C=O) groups excluding carboxylic acids is 4. The van der Waals surface area contributed by atoms with Gasteiger partial charge in [0.05, 0.1) is 5.69 Å². The molecule has 3 amide bonds. The number of nitrogens with one attached hydrogen (secondary N) is 1. The number of aryl methyl sites for hydroxylation is 1. The fourth-order valence-electron chi connectivity index (χ4n) is 2.91. The third-order valence-corrected chi connectivity index (χ3v) is 4.60. The third-order valence-electron chi connectivity index (χ3n) is 4.60. The van der Waals surface area contributed by atoms with Crippen molar-refractivity contribution < 1.29 is 23.9 Å². The SMILES string of the molecule is Cc1cccc(N2N=C(C(=O)O[C@H](C)C(=O)Nc3ccc(C(N)=O)cc3)CCC2=O)c1. The highest BCUT2D eigenvalue weighted by atomic mass is 16.5. The highest BCUT2D eigenvalue weighted by Gasteiger charge is 2.28. The van der Waals surface area contributed by atoms with Crippen LogP contribution in [-0.4, -0.2) is 35.5 Å². The summed E-state index contributed by atoms with van der Waals surface area (Å²) in [6, 6.07) is 13.2. The number of rotatable bonds is 6. The molecule has 0 unspecified atom stereocenters. The zero-order valence-corrected chi connectivity index (χ0v) is 17.1. The number of ether oxygens (including phenoxy) is 1. The number of anilines is 2. The number of hydrogen-bond acceptors (Lipinski definition) is 6. The number of esters is 1. The molecule has 9 heteroatoms. The summed E-state index contributed by atoms with van der Waals surface area (Å²) in [6.45, 7) is 3.32. The minimum Gasteiger partial charge on any atom is -0.448 e. The van der Waals surface area contributed by atoms with Gasteiger partial charge in [-0.15, -0.1) is 0 Å². The Kier molecular flexibility index (Phi) is 6.44. The lowest BCUT2D eigenvalue weighted by atomic mass is 10.1. The Balaban J connectivity index is 1.65. The first-order valence-electron chi connectivity index (χ1n) is 9.63. The summed E-state index contributed by atoms with van der Waals surface area (Å²) < 4.78 is 5.24. The van der Waals surface area contributed by atoms with Crippen LogP contribution >= 0.6 is 0 Å². The average molecular weight is 422 g/mol. The standard InChI is InChI=1S/C22H22N4O5/c1-13-4-3-5-17(12-13)26-19(27)11-10-18(25-26)22(30)31-14(2)21(29)24-16-8-6-15(7-9-16)20(23)28/h3-9,12,14H,10-11H2,1-2H3,(H2,23,28)(H,24,29)/t14-/m1/s1. The summed E-state index contributed by atoms with van der Waals surface area (Å²) in [5, 5.41) is 7.92. The molecule has 1 heterocycles. The van der Waals surface area contributed by atoms with Crippen LogP contribution in [0.25, 0.3) is 0 Å². The molecule has 3 N–H and O–H groups in total. The minimum absolute atomic E-state index is 0.0616. The molecule has 0 aromatic heterocycles. The molecule has 0 fully saturated rings. The number of amides is 3. The molecule has 0 bridgehead atoms. The first-order chi connectivity index (χ1) is 14.7. The second-order valence-corrected chi connectivity index (χ2v) is 7.07. The summed E-state index contributed by atoms with van der Waals surface area (Å²) >= 11 is 0. The van der Waals surface area contributed by atoms with E-state index in [9.17, 15) is 19.2 Å². The number of benzene rings is 2. The number of primary amides is 1. The molecule has 9 nitrogen and oxygen atoms in total. The number of nitrogens with two attached hydrogens (primary N) is 1. The van der Waals surface area contributed by atoms with Crippen molar-refractivity contribution in [3.05, 3.63) is 59.7 Å². The minimum atomic E-state index is -1.10. The van der Waals surface area contributed by atoms with Gasteiger partial charge in [0, 0.05) is 24.1 Å². The zero-order valence-electron chi connectivity index (χ0n) is 17.1. The van der Waals surface area contributed by atoms with Crippen LogP contribution < -0.4 is 16.1 Å². The normalized spacial score (nSPS) is 14.5. The lowest BCUT2D eigenvalue weighted by Crippen LogP contribution is -2.37. The summed E-state index contributed by atoms with van der Waals surface area (Å²) in [5.74, 6) is -2.13. The maximum Gasteiger partial charge on any atom is 0.355 e. The summed E-state index contributed by atoms with van der Waals surface area (Å²) in [7, 11) is 0. The Labute approximate surface area is 178 Å². The van der Waals surface area contributed by atoms with E-state index in [2.05, 4.69) is 10.4 Å². The molecule has 160 valence electrons. The van der Waals surface area contributed by atoms with E-state index < -0.39 is 23.9 Å². The molecule has 1 aliphatic rings. The molecular formula is C22H22N4O5. The van der Waals surface area contributed by atoms with Gasteiger partial charge in [-0.05, 0) is 55.8 Å².